The van der Waals surface area contributed by atoms with Gasteiger partial charge in [0.25, 0.3) is 0 Å². The van der Waals surface area contributed by atoms with Crippen molar-refractivity contribution in [1.82, 2.24) is 5.43 Å². The number of hydrazine groups is 1. The second kappa shape index (κ2) is 7.04. The molecular formula is C17H19N3. The van der Waals surface area contributed by atoms with Crippen LogP contribution in [0.2, 0.25) is 0 Å². The van der Waals surface area contributed by atoms with Gasteiger partial charge in [0.15, 0.2) is 0 Å². The third kappa shape index (κ3) is 4.21. The Morgan fingerprint density at radius 2 is 1.55 bits per heavy atom. The number of hydrogen-bond acceptors (Lipinski definition) is 3. The van der Waals surface area contributed by atoms with Crippen molar-refractivity contribution >= 4 is 11.3 Å². The molecule has 0 aliphatic carbocycles. The lowest BCUT2D eigenvalue weighted by Gasteiger charge is -2.08. The Labute approximate surface area is 119 Å². The minimum Gasteiger partial charge on any atom is -0.402 e. The fraction of sp³-hybridized carbons (Fsp3) is 0.0588. The molecule has 0 spiro atoms. The van der Waals surface area contributed by atoms with Crippen LogP contribution in [-0.2, 0) is 0 Å². The topological polar surface area (TPSA) is 50.1 Å². The maximum atomic E-state index is 5.79. The van der Waals surface area contributed by atoms with Gasteiger partial charge in [0.1, 0.15) is 0 Å². The van der Waals surface area contributed by atoms with E-state index in [2.05, 4.69) is 23.0 Å². The first-order valence-corrected chi connectivity index (χ1v) is 6.51. The molecule has 0 bridgehead atoms. The number of nitrogens with two attached hydrogens (primary N) is 1. The van der Waals surface area contributed by atoms with Gasteiger partial charge in [0.2, 0.25) is 0 Å². The van der Waals surface area contributed by atoms with Crippen molar-refractivity contribution in [3.63, 3.8) is 0 Å². The molecule has 2 rings (SSSR count). The maximum Gasteiger partial charge on any atom is 0.0539 e. The SMILES string of the molecule is C/C(N)=C\C(=C/NNc1ccccc1)c1ccccc1. The molecule has 0 aliphatic heterocycles. The molecule has 0 heterocycles. The minimum absolute atomic E-state index is 0.765. The fourth-order valence-electron chi connectivity index (χ4n) is 1.80. The van der Waals surface area contributed by atoms with E-state index in [9.17, 15) is 0 Å². The van der Waals surface area contributed by atoms with Crippen LogP contribution in [0.1, 0.15) is 12.5 Å². The van der Waals surface area contributed by atoms with Gasteiger partial charge in [-0.15, -0.1) is 0 Å². The number of allylic oxidation sites excluding steroid dienone is 3. The molecule has 0 saturated heterocycles. The van der Waals surface area contributed by atoms with E-state index in [0.29, 0.717) is 0 Å². The quantitative estimate of drug-likeness (QED) is 0.573. The lowest BCUT2D eigenvalue weighted by Crippen LogP contribution is -2.14. The first-order valence-electron chi connectivity index (χ1n) is 6.51. The second-order valence-corrected chi connectivity index (χ2v) is 4.49. The van der Waals surface area contributed by atoms with Crippen LogP contribution in [0.15, 0.2) is 78.6 Å². The van der Waals surface area contributed by atoms with Crippen LogP contribution in [0.3, 0.4) is 0 Å². The molecule has 102 valence electrons. The van der Waals surface area contributed by atoms with E-state index in [1.807, 2.05) is 67.7 Å². The summed E-state index contributed by atoms with van der Waals surface area (Å²) in [7, 11) is 0. The summed E-state index contributed by atoms with van der Waals surface area (Å²) < 4.78 is 0. The summed E-state index contributed by atoms with van der Waals surface area (Å²) in [6, 6.07) is 20.0. The van der Waals surface area contributed by atoms with Gasteiger partial charge in [-0.2, -0.15) is 0 Å². The van der Waals surface area contributed by atoms with Crippen molar-refractivity contribution in [2.75, 3.05) is 5.43 Å². The van der Waals surface area contributed by atoms with E-state index in [1.165, 1.54) is 0 Å². The molecular weight excluding hydrogens is 246 g/mol. The van der Waals surface area contributed by atoms with Gasteiger partial charge in [0, 0.05) is 17.5 Å². The molecule has 2 aromatic rings. The monoisotopic (exact) mass is 265 g/mol. The highest BCUT2D eigenvalue weighted by atomic mass is 15.3. The van der Waals surface area contributed by atoms with E-state index in [4.69, 9.17) is 5.73 Å². The second-order valence-electron chi connectivity index (χ2n) is 4.49. The normalized spacial score (nSPS) is 12.1. The van der Waals surface area contributed by atoms with Gasteiger partial charge < -0.3 is 16.6 Å². The highest BCUT2D eigenvalue weighted by molar-refractivity contribution is 5.74. The Balaban J connectivity index is 2.11. The van der Waals surface area contributed by atoms with Crippen molar-refractivity contribution in [1.29, 1.82) is 0 Å². The van der Waals surface area contributed by atoms with Crippen LogP contribution in [0.25, 0.3) is 5.57 Å². The van der Waals surface area contributed by atoms with E-state index in [-0.39, 0.29) is 0 Å². The highest BCUT2D eigenvalue weighted by Crippen LogP contribution is 2.15. The molecule has 0 radical (unpaired) electrons. The van der Waals surface area contributed by atoms with Crippen molar-refractivity contribution < 1.29 is 0 Å². The van der Waals surface area contributed by atoms with Gasteiger partial charge >= 0.3 is 0 Å². The molecule has 20 heavy (non-hydrogen) atoms. The first-order chi connectivity index (χ1) is 9.75. The zero-order valence-electron chi connectivity index (χ0n) is 11.5. The molecule has 4 N–H and O–H groups in total. The Morgan fingerprint density at radius 3 is 2.15 bits per heavy atom. The van der Waals surface area contributed by atoms with Crippen LogP contribution < -0.4 is 16.6 Å². The summed E-state index contributed by atoms with van der Waals surface area (Å²) in [6.45, 7) is 1.88. The summed E-state index contributed by atoms with van der Waals surface area (Å²) in [5.74, 6) is 0. The van der Waals surface area contributed by atoms with Gasteiger partial charge in [-0.05, 0) is 30.7 Å². The number of hydrogen-bond donors (Lipinski definition) is 3. The Morgan fingerprint density at radius 1 is 0.950 bits per heavy atom. The zero-order valence-corrected chi connectivity index (χ0v) is 11.5. The Hall–Kier alpha value is -2.68. The molecule has 2 aromatic carbocycles. The number of para-hydroxylation sites is 1. The zero-order chi connectivity index (χ0) is 14.2. The van der Waals surface area contributed by atoms with Crippen LogP contribution in [0, 0.1) is 0 Å². The molecule has 0 aromatic heterocycles. The lowest BCUT2D eigenvalue weighted by molar-refractivity contribution is 1.06. The fourth-order valence-corrected chi connectivity index (χ4v) is 1.80. The van der Waals surface area contributed by atoms with Crippen LogP contribution in [0.5, 0.6) is 0 Å². The molecule has 3 nitrogen and oxygen atoms in total. The van der Waals surface area contributed by atoms with E-state index in [1.54, 1.807) is 0 Å². The molecule has 3 heteroatoms. The van der Waals surface area contributed by atoms with E-state index < -0.39 is 0 Å². The van der Waals surface area contributed by atoms with E-state index in [0.717, 1.165) is 22.5 Å². The number of anilines is 1. The van der Waals surface area contributed by atoms with Gasteiger partial charge in [-0.25, -0.2) is 0 Å². The van der Waals surface area contributed by atoms with Crippen molar-refractivity contribution in [3.05, 3.63) is 84.2 Å². The number of rotatable bonds is 5. The van der Waals surface area contributed by atoms with Crippen molar-refractivity contribution in [2.24, 2.45) is 5.73 Å². The predicted molar refractivity (Wildman–Crippen MR) is 85.6 cm³/mol. The van der Waals surface area contributed by atoms with Gasteiger partial charge in [-0.3, -0.25) is 0 Å². The average molecular weight is 265 g/mol. The van der Waals surface area contributed by atoms with Crippen molar-refractivity contribution in [2.45, 2.75) is 6.92 Å². The molecule has 0 amide bonds. The summed E-state index contributed by atoms with van der Waals surface area (Å²) in [6.07, 6.45) is 3.84. The Kier molecular flexibility index (Phi) is 4.84. The number of benzene rings is 2. The predicted octanol–water partition coefficient (Wildman–Crippen LogP) is 3.51. The molecule has 0 unspecified atom stereocenters. The summed E-state index contributed by atoms with van der Waals surface area (Å²) >= 11 is 0. The van der Waals surface area contributed by atoms with E-state index >= 15 is 0 Å². The average Bonchev–Trinajstić information content (AvgIpc) is 2.48. The highest BCUT2D eigenvalue weighted by Gasteiger charge is 1.97. The van der Waals surface area contributed by atoms with Crippen LogP contribution in [0.4, 0.5) is 5.69 Å². The Bertz CT molecular complexity index is 582. The first kappa shape index (κ1) is 13.7. The maximum absolute atomic E-state index is 5.79. The number of nitrogens with one attached hydrogen (secondary N) is 2. The van der Waals surface area contributed by atoms with Gasteiger partial charge in [-0.1, -0.05) is 48.5 Å². The standard InChI is InChI=1S/C17H19N3/c1-14(18)12-16(15-8-4-2-5-9-15)13-19-20-17-10-6-3-7-11-17/h2-13,19-20H,18H2,1H3/b14-12+,16-13+. The largest absolute Gasteiger partial charge is 0.402 e. The molecule has 0 atom stereocenters. The summed E-state index contributed by atoms with van der Waals surface area (Å²) in [5, 5.41) is 0. The van der Waals surface area contributed by atoms with Crippen molar-refractivity contribution in [3.8, 4) is 0 Å². The molecule has 0 aliphatic rings. The molecule has 0 saturated carbocycles. The third-order valence-electron chi connectivity index (χ3n) is 2.71. The third-order valence-corrected chi connectivity index (χ3v) is 2.71. The summed E-state index contributed by atoms with van der Waals surface area (Å²) in [5.41, 5.74) is 15.9. The van der Waals surface area contributed by atoms with Crippen LogP contribution >= 0.6 is 0 Å². The van der Waals surface area contributed by atoms with Gasteiger partial charge in [0.05, 0.1) is 5.69 Å². The molecule has 0 fully saturated rings. The lowest BCUT2D eigenvalue weighted by atomic mass is 10.1. The summed E-state index contributed by atoms with van der Waals surface area (Å²) in [4.78, 5) is 0. The van der Waals surface area contributed by atoms with Crippen LogP contribution in [-0.4, -0.2) is 0 Å². The smallest absolute Gasteiger partial charge is 0.0539 e. The minimum atomic E-state index is 0.765.